The van der Waals surface area contributed by atoms with E-state index in [9.17, 15) is 9.18 Å². The number of aromatic nitrogens is 1. The number of ether oxygens (including phenoxy) is 1. The van der Waals surface area contributed by atoms with E-state index in [1.807, 2.05) is 6.20 Å². The van der Waals surface area contributed by atoms with Crippen LogP contribution < -0.4 is 10.3 Å². The number of rotatable bonds is 6. The Balaban J connectivity index is 1.32. The minimum absolute atomic E-state index is 0.00127. The van der Waals surface area contributed by atoms with Gasteiger partial charge in [-0.1, -0.05) is 5.59 Å². The van der Waals surface area contributed by atoms with Crippen LogP contribution in [0.5, 0.6) is 5.75 Å². The molecule has 10 heteroatoms. The zero-order valence-corrected chi connectivity index (χ0v) is 17.0. The van der Waals surface area contributed by atoms with Crippen LogP contribution in [0.3, 0.4) is 0 Å². The standard InChI is InChI=1S/C19H20BrFN4O4/c20-16-2-1-14(21)9-17(16)28-15-4-7-24(8-5-15)25-11-18(29-22-25)13-3-6-23(10-13)12-19(26)27/h1-3,6,9-11,15,22H,4-5,7-8,12H2,(H,26,27). The lowest BCUT2D eigenvalue weighted by molar-refractivity contribution is -0.137. The number of hydrazine groups is 2. The summed E-state index contributed by atoms with van der Waals surface area (Å²) >= 11 is 3.39. The molecule has 2 aliphatic heterocycles. The Morgan fingerprint density at radius 1 is 1.34 bits per heavy atom. The van der Waals surface area contributed by atoms with Crippen LogP contribution in [0.15, 0.2) is 47.3 Å². The first-order valence-corrected chi connectivity index (χ1v) is 9.95. The second-order valence-corrected chi connectivity index (χ2v) is 7.70. The number of carbonyl (C=O) groups is 1. The van der Waals surface area contributed by atoms with Gasteiger partial charge in [0, 0.05) is 37.1 Å². The largest absolute Gasteiger partial charge is 0.489 e. The van der Waals surface area contributed by atoms with Gasteiger partial charge in [0.25, 0.3) is 0 Å². The van der Waals surface area contributed by atoms with Crippen molar-refractivity contribution in [3.8, 4) is 5.75 Å². The van der Waals surface area contributed by atoms with Crippen LogP contribution in [0.1, 0.15) is 18.4 Å². The molecule has 2 N–H and O–H groups in total. The van der Waals surface area contributed by atoms with Crippen molar-refractivity contribution in [3.63, 3.8) is 0 Å². The van der Waals surface area contributed by atoms with Gasteiger partial charge < -0.3 is 19.2 Å². The molecule has 0 bridgehead atoms. The summed E-state index contributed by atoms with van der Waals surface area (Å²) in [5.74, 6) is -0.104. The normalized spacial score (nSPS) is 17.9. The Labute approximate surface area is 175 Å². The summed E-state index contributed by atoms with van der Waals surface area (Å²) < 4.78 is 21.7. The molecule has 1 fully saturated rings. The number of hydrogen-bond acceptors (Lipinski definition) is 6. The van der Waals surface area contributed by atoms with Gasteiger partial charge in [-0.05, 0) is 47.0 Å². The number of halogens is 2. The van der Waals surface area contributed by atoms with E-state index in [4.69, 9.17) is 14.7 Å². The maximum Gasteiger partial charge on any atom is 0.323 e. The molecule has 0 amide bonds. The van der Waals surface area contributed by atoms with E-state index in [1.165, 1.54) is 12.1 Å². The molecular weight excluding hydrogens is 447 g/mol. The van der Waals surface area contributed by atoms with Gasteiger partial charge in [0.1, 0.15) is 24.2 Å². The summed E-state index contributed by atoms with van der Waals surface area (Å²) in [6.45, 7) is 1.37. The third-order valence-corrected chi connectivity index (χ3v) is 5.41. The number of nitrogens with one attached hydrogen (secondary N) is 1. The van der Waals surface area contributed by atoms with Crippen LogP contribution >= 0.6 is 15.9 Å². The van der Waals surface area contributed by atoms with Crippen molar-refractivity contribution < 1.29 is 23.9 Å². The molecule has 8 nitrogen and oxygen atoms in total. The van der Waals surface area contributed by atoms with E-state index in [1.54, 1.807) is 34.2 Å². The number of carboxylic acid groups (broad SMARTS) is 1. The molecular formula is C19H20BrFN4O4. The van der Waals surface area contributed by atoms with E-state index < -0.39 is 5.97 Å². The highest BCUT2D eigenvalue weighted by molar-refractivity contribution is 9.10. The van der Waals surface area contributed by atoms with E-state index in [0.29, 0.717) is 11.5 Å². The number of piperidine rings is 1. The lowest BCUT2D eigenvalue weighted by Gasteiger charge is -2.36. The van der Waals surface area contributed by atoms with Crippen molar-refractivity contribution in [1.82, 2.24) is 20.3 Å². The summed E-state index contributed by atoms with van der Waals surface area (Å²) in [6.07, 6.45) is 6.80. The fourth-order valence-electron chi connectivity index (χ4n) is 3.30. The molecule has 2 aromatic rings. The predicted octanol–water partition coefficient (Wildman–Crippen LogP) is 2.98. The molecule has 1 saturated heterocycles. The lowest BCUT2D eigenvalue weighted by Crippen LogP contribution is -2.50. The summed E-state index contributed by atoms with van der Waals surface area (Å²) in [4.78, 5) is 16.3. The maximum absolute atomic E-state index is 13.4. The minimum Gasteiger partial charge on any atom is -0.489 e. The van der Waals surface area contributed by atoms with E-state index >= 15 is 0 Å². The van der Waals surface area contributed by atoms with Crippen LogP contribution in [-0.2, 0) is 16.2 Å². The van der Waals surface area contributed by atoms with Gasteiger partial charge in [-0.2, -0.15) is 0 Å². The van der Waals surface area contributed by atoms with Crippen LogP contribution in [-0.4, -0.2) is 45.0 Å². The Morgan fingerprint density at radius 3 is 2.90 bits per heavy atom. The van der Waals surface area contributed by atoms with Gasteiger partial charge in [-0.3, -0.25) is 4.79 Å². The van der Waals surface area contributed by atoms with Gasteiger partial charge >= 0.3 is 5.97 Å². The first-order valence-electron chi connectivity index (χ1n) is 9.16. The van der Waals surface area contributed by atoms with Crippen LogP contribution in [0.2, 0.25) is 0 Å². The predicted molar refractivity (Wildman–Crippen MR) is 105 cm³/mol. The molecule has 0 radical (unpaired) electrons. The molecule has 1 aromatic carbocycles. The molecule has 154 valence electrons. The molecule has 0 saturated carbocycles. The Kier molecular flexibility index (Phi) is 5.74. The highest BCUT2D eigenvalue weighted by Gasteiger charge is 2.27. The smallest absolute Gasteiger partial charge is 0.323 e. The topological polar surface area (TPSA) is 79.2 Å². The lowest BCUT2D eigenvalue weighted by atomic mass is 10.1. The van der Waals surface area contributed by atoms with Crippen molar-refractivity contribution >= 4 is 27.7 Å². The highest BCUT2D eigenvalue weighted by atomic mass is 79.9. The van der Waals surface area contributed by atoms with Crippen LogP contribution in [0.25, 0.3) is 5.76 Å². The zero-order valence-electron chi connectivity index (χ0n) is 15.4. The summed E-state index contributed by atoms with van der Waals surface area (Å²) in [5.41, 5.74) is 3.64. The summed E-state index contributed by atoms with van der Waals surface area (Å²) in [6, 6.07) is 6.22. The summed E-state index contributed by atoms with van der Waals surface area (Å²) in [7, 11) is 0. The van der Waals surface area contributed by atoms with Crippen molar-refractivity contribution in [1.29, 1.82) is 0 Å². The Hall–Kier alpha value is -2.56. The van der Waals surface area contributed by atoms with Gasteiger partial charge in [0.05, 0.1) is 10.7 Å². The maximum atomic E-state index is 13.4. The van der Waals surface area contributed by atoms with Crippen molar-refractivity contribution in [2.75, 3.05) is 13.1 Å². The molecule has 1 aromatic heterocycles. The fourth-order valence-corrected chi connectivity index (χ4v) is 3.64. The number of benzene rings is 1. The molecule has 0 spiro atoms. The molecule has 29 heavy (non-hydrogen) atoms. The number of carboxylic acids is 1. The third kappa shape index (κ3) is 4.72. The Morgan fingerprint density at radius 2 is 2.14 bits per heavy atom. The molecule has 0 unspecified atom stereocenters. The van der Waals surface area contributed by atoms with Crippen LogP contribution in [0, 0.1) is 5.82 Å². The minimum atomic E-state index is -0.899. The van der Waals surface area contributed by atoms with E-state index in [2.05, 4.69) is 26.5 Å². The van der Waals surface area contributed by atoms with Crippen molar-refractivity contribution in [2.24, 2.45) is 0 Å². The van der Waals surface area contributed by atoms with Gasteiger partial charge in [0.2, 0.25) is 0 Å². The quantitative estimate of drug-likeness (QED) is 0.677. The SMILES string of the molecule is O=C(O)Cn1ccc(C2=CN(N3CCC(Oc4cc(F)ccc4Br)CC3)NO2)c1. The summed E-state index contributed by atoms with van der Waals surface area (Å²) in [5, 5.41) is 12.7. The van der Waals surface area contributed by atoms with Crippen molar-refractivity contribution in [2.45, 2.75) is 25.5 Å². The average molecular weight is 467 g/mol. The van der Waals surface area contributed by atoms with Crippen molar-refractivity contribution in [3.05, 3.63) is 58.7 Å². The average Bonchev–Trinajstić information content (AvgIpc) is 3.34. The second-order valence-electron chi connectivity index (χ2n) is 6.84. The zero-order chi connectivity index (χ0) is 20.4. The highest BCUT2D eigenvalue weighted by Crippen LogP contribution is 2.29. The first-order chi connectivity index (χ1) is 14.0. The van der Waals surface area contributed by atoms with Gasteiger partial charge in [0.15, 0.2) is 5.76 Å². The number of hydrogen-bond donors (Lipinski definition) is 2. The van der Waals surface area contributed by atoms with Crippen LogP contribution in [0.4, 0.5) is 4.39 Å². The monoisotopic (exact) mass is 466 g/mol. The first kappa shape index (κ1) is 19.7. The van der Waals surface area contributed by atoms with Gasteiger partial charge in [-0.15, -0.1) is 0 Å². The number of nitrogens with zero attached hydrogens (tertiary/aromatic N) is 3. The molecule has 0 aliphatic carbocycles. The third-order valence-electron chi connectivity index (χ3n) is 4.75. The Bertz CT molecular complexity index is 927. The van der Waals surface area contributed by atoms with Gasteiger partial charge in [-0.25, -0.2) is 14.5 Å². The molecule has 4 rings (SSSR count). The molecule has 3 heterocycles. The molecule has 0 atom stereocenters. The molecule has 2 aliphatic rings. The number of aliphatic carboxylic acids is 1. The van der Waals surface area contributed by atoms with E-state index in [0.717, 1.165) is 36.0 Å². The fraction of sp³-hybridized carbons (Fsp3) is 0.316. The second kappa shape index (κ2) is 8.44. The van der Waals surface area contributed by atoms with E-state index in [-0.39, 0.29) is 18.5 Å².